The summed E-state index contributed by atoms with van der Waals surface area (Å²) in [4.78, 5) is 0. The molecular formula is C22H45OS+. The van der Waals surface area contributed by atoms with Gasteiger partial charge in [0.15, 0.2) is 0 Å². The zero-order valence-electron chi connectivity index (χ0n) is 16.8. The number of hydrogen-bond acceptors (Lipinski definition) is 1. The van der Waals surface area contributed by atoms with Gasteiger partial charge < -0.3 is 4.74 Å². The molecule has 2 heteroatoms. The maximum Gasteiger partial charge on any atom is 0.108 e. The van der Waals surface area contributed by atoms with E-state index in [1.165, 1.54) is 114 Å². The Balaban J connectivity index is 1.90. The van der Waals surface area contributed by atoms with Crippen LogP contribution < -0.4 is 0 Å². The molecule has 1 fully saturated rings. The van der Waals surface area contributed by atoms with Gasteiger partial charge in [0.25, 0.3) is 0 Å². The first kappa shape index (κ1) is 22.4. The summed E-state index contributed by atoms with van der Waals surface area (Å²) >= 11 is 0. The Morgan fingerprint density at radius 2 is 1.33 bits per heavy atom. The van der Waals surface area contributed by atoms with Crippen LogP contribution in [0.3, 0.4) is 0 Å². The topological polar surface area (TPSA) is 9.23 Å². The van der Waals surface area contributed by atoms with Crippen LogP contribution in [0.4, 0.5) is 0 Å². The standard InChI is InChI=1S/C22H45OS/c1-3-5-6-7-10-13-20-24(19-4-2)21-14-11-8-9-12-16-22-17-15-18-23-22/h22H,3-21H2,1-2H3/q+1. The van der Waals surface area contributed by atoms with Crippen LogP contribution >= 0.6 is 0 Å². The molecule has 1 nitrogen and oxygen atoms in total. The van der Waals surface area contributed by atoms with Gasteiger partial charge in [-0.3, -0.25) is 0 Å². The van der Waals surface area contributed by atoms with Crippen LogP contribution in [0.2, 0.25) is 0 Å². The minimum absolute atomic E-state index is 0.609. The van der Waals surface area contributed by atoms with E-state index in [0.717, 1.165) is 17.5 Å². The zero-order valence-corrected chi connectivity index (χ0v) is 17.6. The average molecular weight is 358 g/mol. The summed E-state index contributed by atoms with van der Waals surface area (Å²) in [7, 11) is 0.739. The van der Waals surface area contributed by atoms with E-state index in [0.29, 0.717) is 6.10 Å². The molecule has 2 atom stereocenters. The van der Waals surface area contributed by atoms with Crippen molar-refractivity contribution in [3.8, 4) is 0 Å². The summed E-state index contributed by atoms with van der Waals surface area (Å²) in [6, 6.07) is 0. The average Bonchev–Trinajstić information content (AvgIpc) is 3.10. The third-order valence-electron chi connectivity index (χ3n) is 5.26. The van der Waals surface area contributed by atoms with E-state index in [9.17, 15) is 0 Å². The predicted molar refractivity (Wildman–Crippen MR) is 112 cm³/mol. The highest BCUT2D eigenvalue weighted by molar-refractivity contribution is 7.96. The SMILES string of the molecule is CCCCCCCC[S+](CCC)CCCCCCCC1CCCO1. The lowest BCUT2D eigenvalue weighted by atomic mass is 10.1. The normalized spacial score (nSPS) is 19.0. The highest BCUT2D eigenvalue weighted by Gasteiger charge is 2.16. The van der Waals surface area contributed by atoms with E-state index in [4.69, 9.17) is 4.74 Å². The van der Waals surface area contributed by atoms with Crippen molar-refractivity contribution in [3.63, 3.8) is 0 Å². The van der Waals surface area contributed by atoms with Gasteiger partial charge in [0.05, 0.1) is 6.10 Å². The van der Waals surface area contributed by atoms with Gasteiger partial charge in [-0.1, -0.05) is 58.8 Å². The molecular weight excluding hydrogens is 312 g/mol. The Morgan fingerprint density at radius 1 is 0.708 bits per heavy atom. The monoisotopic (exact) mass is 357 g/mol. The molecule has 144 valence electrons. The lowest BCUT2D eigenvalue weighted by Crippen LogP contribution is -2.16. The molecule has 0 saturated carbocycles. The van der Waals surface area contributed by atoms with Crippen molar-refractivity contribution < 1.29 is 4.74 Å². The maximum atomic E-state index is 5.71. The lowest BCUT2D eigenvalue weighted by molar-refractivity contribution is 0.102. The van der Waals surface area contributed by atoms with E-state index >= 15 is 0 Å². The molecule has 24 heavy (non-hydrogen) atoms. The van der Waals surface area contributed by atoms with Crippen molar-refractivity contribution >= 4 is 10.9 Å². The highest BCUT2D eigenvalue weighted by Crippen LogP contribution is 2.19. The number of hydrogen-bond donors (Lipinski definition) is 0. The van der Waals surface area contributed by atoms with Gasteiger partial charge in [-0.15, -0.1) is 0 Å². The molecule has 1 aliphatic rings. The third-order valence-corrected chi connectivity index (χ3v) is 7.98. The van der Waals surface area contributed by atoms with Gasteiger partial charge in [-0.05, 0) is 62.3 Å². The maximum absolute atomic E-state index is 5.71. The molecule has 0 aliphatic carbocycles. The minimum atomic E-state index is 0.609. The fourth-order valence-corrected chi connectivity index (χ4v) is 6.18. The van der Waals surface area contributed by atoms with Crippen molar-refractivity contribution in [3.05, 3.63) is 0 Å². The molecule has 0 spiro atoms. The molecule has 1 aliphatic heterocycles. The molecule has 0 aromatic heterocycles. The summed E-state index contributed by atoms with van der Waals surface area (Å²) in [6.07, 6.45) is 21.9. The van der Waals surface area contributed by atoms with Gasteiger partial charge in [-0.2, -0.15) is 0 Å². The quantitative estimate of drug-likeness (QED) is 0.203. The van der Waals surface area contributed by atoms with E-state index < -0.39 is 0 Å². The van der Waals surface area contributed by atoms with Crippen LogP contribution in [0.25, 0.3) is 0 Å². The second-order valence-corrected chi connectivity index (χ2v) is 10.1. The Labute approximate surface area is 156 Å². The fraction of sp³-hybridized carbons (Fsp3) is 1.00. The van der Waals surface area contributed by atoms with Crippen molar-refractivity contribution in [2.45, 2.75) is 116 Å². The number of ether oxygens (including phenoxy) is 1. The molecule has 1 rings (SSSR count). The molecule has 0 N–H and O–H groups in total. The van der Waals surface area contributed by atoms with E-state index in [1.54, 1.807) is 0 Å². The Morgan fingerprint density at radius 3 is 1.92 bits per heavy atom. The van der Waals surface area contributed by atoms with Gasteiger partial charge in [0.1, 0.15) is 17.3 Å². The second kappa shape index (κ2) is 16.8. The summed E-state index contributed by atoms with van der Waals surface area (Å²) in [5.74, 6) is 4.54. The van der Waals surface area contributed by atoms with Crippen LogP contribution in [0.5, 0.6) is 0 Å². The summed E-state index contributed by atoms with van der Waals surface area (Å²) in [6.45, 7) is 5.69. The fourth-order valence-electron chi connectivity index (χ4n) is 3.76. The zero-order chi connectivity index (χ0) is 17.3. The molecule has 0 amide bonds. The Bertz CT molecular complexity index is 250. The molecule has 2 unspecified atom stereocenters. The Hall–Kier alpha value is 0.310. The molecule has 1 saturated heterocycles. The molecule has 0 aromatic rings. The largest absolute Gasteiger partial charge is 0.378 e. The lowest BCUT2D eigenvalue weighted by Gasteiger charge is -2.09. The van der Waals surface area contributed by atoms with Crippen LogP contribution in [0.15, 0.2) is 0 Å². The molecule has 0 radical (unpaired) electrons. The van der Waals surface area contributed by atoms with Gasteiger partial charge in [0, 0.05) is 6.61 Å². The van der Waals surface area contributed by atoms with Gasteiger partial charge >= 0.3 is 0 Å². The summed E-state index contributed by atoms with van der Waals surface area (Å²) in [5, 5.41) is 0. The van der Waals surface area contributed by atoms with Crippen molar-refractivity contribution in [1.82, 2.24) is 0 Å². The van der Waals surface area contributed by atoms with Crippen LogP contribution in [-0.4, -0.2) is 30.0 Å². The molecule has 0 bridgehead atoms. The third kappa shape index (κ3) is 12.6. The smallest absolute Gasteiger partial charge is 0.108 e. The first-order chi connectivity index (χ1) is 11.9. The molecule has 0 aromatic carbocycles. The van der Waals surface area contributed by atoms with Crippen molar-refractivity contribution in [1.29, 1.82) is 0 Å². The van der Waals surface area contributed by atoms with E-state index in [1.807, 2.05) is 0 Å². The van der Waals surface area contributed by atoms with Gasteiger partial charge in [0.2, 0.25) is 0 Å². The van der Waals surface area contributed by atoms with E-state index in [2.05, 4.69) is 13.8 Å². The van der Waals surface area contributed by atoms with Gasteiger partial charge in [-0.25, -0.2) is 0 Å². The first-order valence-corrected chi connectivity index (χ1v) is 12.9. The van der Waals surface area contributed by atoms with Crippen LogP contribution in [0, 0.1) is 0 Å². The predicted octanol–water partition coefficient (Wildman–Crippen LogP) is 6.89. The second-order valence-electron chi connectivity index (χ2n) is 7.68. The molecule has 1 heterocycles. The summed E-state index contributed by atoms with van der Waals surface area (Å²) in [5.41, 5.74) is 0. The van der Waals surface area contributed by atoms with Crippen LogP contribution in [-0.2, 0) is 15.6 Å². The van der Waals surface area contributed by atoms with Crippen LogP contribution in [0.1, 0.15) is 110 Å². The Kier molecular flexibility index (Phi) is 15.6. The number of unbranched alkanes of at least 4 members (excludes halogenated alkanes) is 9. The minimum Gasteiger partial charge on any atom is -0.378 e. The van der Waals surface area contributed by atoms with Crippen molar-refractivity contribution in [2.24, 2.45) is 0 Å². The summed E-state index contributed by atoms with van der Waals surface area (Å²) < 4.78 is 5.71. The number of rotatable bonds is 17. The first-order valence-electron chi connectivity index (χ1n) is 11.1. The van der Waals surface area contributed by atoms with E-state index in [-0.39, 0.29) is 0 Å². The van der Waals surface area contributed by atoms with Crippen molar-refractivity contribution in [2.75, 3.05) is 23.9 Å². The highest BCUT2D eigenvalue weighted by atomic mass is 32.2.